The maximum Gasteiger partial charge on any atom is 0.257 e. The predicted molar refractivity (Wildman–Crippen MR) is 130 cm³/mol. The molecule has 11 heteroatoms. The number of anilines is 4. The standard InChI is InChI=1S/C24H27FN8O2/c1-16-12-31(21-5-3-19(25)9-27-21)6-7-33(16)24-28-10-20(11-29-24)30-23(35)18-2-4-22(26-8-18)32-13-17(14-32)15-34/h2-5,8-11,16-17,34H,6-7,12-15H2,1H3,(H,30,35)/t16-/m0/s1. The van der Waals surface area contributed by atoms with Crippen LogP contribution in [0.2, 0.25) is 0 Å². The minimum absolute atomic E-state index is 0.125. The Morgan fingerprint density at radius 2 is 1.69 bits per heavy atom. The fourth-order valence-corrected chi connectivity index (χ4v) is 4.34. The number of carbonyl (C=O) groups is 1. The molecule has 1 amide bonds. The van der Waals surface area contributed by atoms with Crippen LogP contribution in [0.3, 0.4) is 0 Å². The molecule has 0 spiro atoms. The summed E-state index contributed by atoms with van der Waals surface area (Å²) in [4.78, 5) is 36.3. The molecule has 2 saturated heterocycles. The van der Waals surface area contributed by atoms with Gasteiger partial charge in [0.2, 0.25) is 5.95 Å². The van der Waals surface area contributed by atoms with Crippen LogP contribution in [0.25, 0.3) is 0 Å². The Bertz CT molecular complexity index is 1150. The number of pyridine rings is 2. The number of aromatic nitrogens is 4. The van der Waals surface area contributed by atoms with E-state index in [1.165, 1.54) is 12.3 Å². The highest BCUT2D eigenvalue weighted by molar-refractivity contribution is 6.04. The van der Waals surface area contributed by atoms with E-state index in [1.54, 1.807) is 30.7 Å². The van der Waals surface area contributed by atoms with Gasteiger partial charge in [-0.05, 0) is 31.2 Å². The smallest absolute Gasteiger partial charge is 0.257 e. The summed E-state index contributed by atoms with van der Waals surface area (Å²) in [6, 6.07) is 6.77. The van der Waals surface area contributed by atoms with Crippen molar-refractivity contribution < 1.29 is 14.3 Å². The molecule has 2 N–H and O–H groups in total. The van der Waals surface area contributed by atoms with Crippen molar-refractivity contribution in [2.45, 2.75) is 13.0 Å². The summed E-state index contributed by atoms with van der Waals surface area (Å²) in [5.74, 6) is 1.79. The Balaban J connectivity index is 1.16. The lowest BCUT2D eigenvalue weighted by Crippen LogP contribution is -2.53. The quantitative estimate of drug-likeness (QED) is 0.548. The molecule has 0 unspecified atom stereocenters. The second-order valence-corrected chi connectivity index (χ2v) is 8.91. The van der Waals surface area contributed by atoms with Gasteiger partial charge >= 0.3 is 0 Å². The molecule has 2 aliphatic heterocycles. The Kier molecular flexibility index (Phi) is 6.41. The normalized spacial score (nSPS) is 18.4. The number of hydrogen-bond acceptors (Lipinski definition) is 9. The van der Waals surface area contributed by atoms with Gasteiger partial charge in [-0.1, -0.05) is 0 Å². The zero-order chi connectivity index (χ0) is 24.4. The van der Waals surface area contributed by atoms with E-state index in [0.29, 0.717) is 42.8 Å². The second kappa shape index (κ2) is 9.79. The number of aliphatic hydroxyl groups excluding tert-OH is 1. The summed E-state index contributed by atoms with van der Waals surface area (Å²) >= 11 is 0. The summed E-state index contributed by atoms with van der Waals surface area (Å²) in [6.07, 6.45) is 5.96. The van der Waals surface area contributed by atoms with Crippen LogP contribution in [-0.2, 0) is 0 Å². The molecule has 2 fully saturated rings. The lowest BCUT2D eigenvalue weighted by molar-refractivity contribution is 0.102. The number of aliphatic hydroxyl groups is 1. The van der Waals surface area contributed by atoms with Crippen LogP contribution in [0.1, 0.15) is 17.3 Å². The topological polar surface area (TPSA) is 111 Å². The monoisotopic (exact) mass is 478 g/mol. The van der Waals surface area contributed by atoms with Gasteiger partial charge in [0.05, 0.1) is 29.8 Å². The number of piperazine rings is 1. The highest BCUT2D eigenvalue weighted by Crippen LogP contribution is 2.23. The number of carbonyl (C=O) groups excluding carboxylic acids is 1. The number of halogens is 1. The number of hydrogen-bond donors (Lipinski definition) is 2. The van der Waals surface area contributed by atoms with Crippen LogP contribution in [0.4, 0.5) is 27.7 Å². The highest BCUT2D eigenvalue weighted by atomic mass is 19.1. The second-order valence-electron chi connectivity index (χ2n) is 8.91. The molecule has 182 valence electrons. The number of nitrogens with one attached hydrogen (secondary N) is 1. The predicted octanol–water partition coefficient (Wildman–Crippen LogP) is 1.80. The molecule has 35 heavy (non-hydrogen) atoms. The molecular formula is C24H27FN8O2. The Morgan fingerprint density at radius 1 is 0.971 bits per heavy atom. The third-order valence-electron chi connectivity index (χ3n) is 6.37. The van der Waals surface area contributed by atoms with Gasteiger partial charge in [0.15, 0.2) is 0 Å². The number of rotatable bonds is 6. The summed E-state index contributed by atoms with van der Waals surface area (Å²) in [5, 5.41) is 12.0. The SMILES string of the molecule is C[C@H]1CN(c2ccc(F)cn2)CCN1c1ncc(NC(=O)c2ccc(N3CC(CO)C3)nc2)cn1. The van der Waals surface area contributed by atoms with Crippen LogP contribution in [0.5, 0.6) is 0 Å². The van der Waals surface area contributed by atoms with Crippen LogP contribution in [0, 0.1) is 11.7 Å². The van der Waals surface area contributed by atoms with Crippen molar-refractivity contribution in [2.24, 2.45) is 5.92 Å². The largest absolute Gasteiger partial charge is 0.396 e. The summed E-state index contributed by atoms with van der Waals surface area (Å²) in [5.41, 5.74) is 0.939. The molecule has 5 rings (SSSR count). The molecule has 0 saturated carbocycles. The minimum Gasteiger partial charge on any atom is -0.396 e. The first-order valence-electron chi connectivity index (χ1n) is 11.6. The zero-order valence-electron chi connectivity index (χ0n) is 19.4. The molecule has 0 radical (unpaired) electrons. The first-order chi connectivity index (χ1) is 17.0. The van der Waals surface area contributed by atoms with Crippen LogP contribution < -0.4 is 20.0 Å². The van der Waals surface area contributed by atoms with E-state index in [4.69, 9.17) is 5.11 Å². The van der Waals surface area contributed by atoms with Crippen molar-refractivity contribution in [3.05, 3.63) is 60.4 Å². The fraction of sp³-hybridized carbons (Fsp3) is 0.375. The van der Waals surface area contributed by atoms with Gasteiger partial charge in [0.1, 0.15) is 17.5 Å². The van der Waals surface area contributed by atoms with Crippen LogP contribution >= 0.6 is 0 Å². The minimum atomic E-state index is -0.349. The van der Waals surface area contributed by atoms with Crippen molar-refractivity contribution in [1.82, 2.24) is 19.9 Å². The average molecular weight is 479 g/mol. The third kappa shape index (κ3) is 4.99. The average Bonchev–Trinajstić information content (AvgIpc) is 2.85. The Morgan fingerprint density at radius 3 is 2.31 bits per heavy atom. The van der Waals surface area contributed by atoms with Gasteiger partial charge in [-0.2, -0.15) is 0 Å². The van der Waals surface area contributed by atoms with E-state index in [2.05, 4.69) is 46.9 Å². The van der Waals surface area contributed by atoms with Crippen LogP contribution in [0.15, 0.2) is 49.1 Å². The first-order valence-corrected chi connectivity index (χ1v) is 11.6. The van der Waals surface area contributed by atoms with E-state index in [0.717, 1.165) is 24.7 Å². The maximum atomic E-state index is 13.2. The maximum absolute atomic E-state index is 13.2. The highest BCUT2D eigenvalue weighted by Gasteiger charge is 2.28. The molecule has 3 aromatic rings. The molecule has 0 aromatic carbocycles. The van der Waals surface area contributed by atoms with E-state index in [9.17, 15) is 9.18 Å². The molecule has 0 aliphatic carbocycles. The number of nitrogens with zero attached hydrogens (tertiary/aromatic N) is 7. The van der Waals surface area contributed by atoms with E-state index >= 15 is 0 Å². The molecular weight excluding hydrogens is 451 g/mol. The van der Waals surface area contributed by atoms with Crippen molar-refractivity contribution in [1.29, 1.82) is 0 Å². The fourth-order valence-electron chi connectivity index (χ4n) is 4.34. The number of amides is 1. The van der Waals surface area contributed by atoms with Gasteiger partial charge in [-0.25, -0.2) is 24.3 Å². The first kappa shape index (κ1) is 22.9. The summed E-state index contributed by atoms with van der Waals surface area (Å²) < 4.78 is 13.2. The molecule has 2 aliphatic rings. The lowest BCUT2D eigenvalue weighted by Gasteiger charge is -2.40. The van der Waals surface area contributed by atoms with Crippen molar-refractivity contribution in [2.75, 3.05) is 59.3 Å². The molecule has 3 aromatic heterocycles. The van der Waals surface area contributed by atoms with Crippen molar-refractivity contribution >= 4 is 29.2 Å². The van der Waals surface area contributed by atoms with E-state index in [1.807, 2.05) is 6.07 Å². The van der Waals surface area contributed by atoms with Crippen LogP contribution in [-0.4, -0.2) is 76.3 Å². The third-order valence-corrected chi connectivity index (χ3v) is 6.37. The molecule has 1 atom stereocenters. The summed E-state index contributed by atoms with van der Waals surface area (Å²) in [7, 11) is 0. The molecule has 5 heterocycles. The van der Waals surface area contributed by atoms with Crippen molar-refractivity contribution in [3.8, 4) is 0 Å². The zero-order valence-corrected chi connectivity index (χ0v) is 19.4. The lowest BCUT2D eigenvalue weighted by atomic mass is 10.0. The summed E-state index contributed by atoms with van der Waals surface area (Å²) in [6.45, 7) is 5.93. The van der Waals surface area contributed by atoms with Gasteiger partial charge in [-0.15, -0.1) is 0 Å². The van der Waals surface area contributed by atoms with E-state index in [-0.39, 0.29) is 24.4 Å². The Labute approximate surface area is 202 Å². The molecule has 0 bridgehead atoms. The van der Waals surface area contributed by atoms with Gasteiger partial charge in [-0.3, -0.25) is 4.79 Å². The van der Waals surface area contributed by atoms with Gasteiger partial charge in [0.25, 0.3) is 5.91 Å². The van der Waals surface area contributed by atoms with Crippen molar-refractivity contribution in [3.63, 3.8) is 0 Å². The van der Waals surface area contributed by atoms with Gasteiger partial charge in [0, 0.05) is 57.5 Å². The Hall–Kier alpha value is -3.86. The van der Waals surface area contributed by atoms with Gasteiger partial charge < -0.3 is 25.1 Å². The van der Waals surface area contributed by atoms with E-state index < -0.39 is 0 Å². The molecule has 10 nitrogen and oxygen atoms in total.